The minimum atomic E-state index is -0.829. The number of methoxy groups -OCH3 is 1. The molecule has 0 spiro atoms. The van der Waals surface area contributed by atoms with Crippen molar-refractivity contribution in [2.45, 2.75) is 20.0 Å². The van der Waals surface area contributed by atoms with E-state index in [-0.39, 0.29) is 5.78 Å². The minimum Gasteiger partial charge on any atom is -0.493 e. The molecule has 3 aromatic carbocycles. The van der Waals surface area contributed by atoms with Gasteiger partial charge in [-0.05, 0) is 26.0 Å². The molecule has 0 aliphatic carbocycles. The van der Waals surface area contributed by atoms with E-state index in [1.54, 1.807) is 30.3 Å². The molecule has 0 saturated carbocycles. The quantitative estimate of drug-likeness (QED) is 0.560. The summed E-state index contributed by atoms with van der Waals surface area (Å²) in [5.74, 6) is 0.677. The number of nitrogens with zero attached hydrogens (tertiary/aromatic N) is 1. The molecule has 0 unspecified atom stereocenters. The summed E-state index contributed by atoms with van der Waals surface area (Å²) in [5, 5.41) is 9.09. The molecule has 0 aromatic heterocycles. The Kier molecular flexibility index (Phi) is 5.76. The molecule has 0 heterocycles. The van der Waals surface area contributed by atoms with Crippen LogP contribution in [0.1, 0.15) is 38.7 Å². The van der Waals surface area contributed by atoms with Crippen molar-refractivity contribution in [3.63, 3.8) is 0 Å². The highest BCUT2D eigenvalue weighted by molar-refractivity contribution is 6.00. The number of Topliss-reactive ketones (excluding diaryl/α,β-unsaturated/α-hetero) is 1. The van der Waals surface area contributed by atoms with Gasteiger partial charge in [0.2, 0.25) is 5.78 Å². The molecule has 0 radical (unpaired) electrons. The lowest BCUT2D eigenvalue weighted by Gasteiger charge is -2.20. The minimum absolute atomic E-state index is 0.143. The molecule has 3 rings (SSSR count). The highest BCUT2D eigenvalue weighted by Gasteiger charge is 2.25. The van der Waals surface area contributed by atoms with Gasteiger partial charge in [-0.1, -0.05) is 59.7 Å². The molecule has 3 aromatic rings. The van der Waals surface area contributed by atoms with E-state index >= 15 is 0 Å². The average Bonchev–Trinajstić information content (AvgIpc) is 2.73. The van der Waals surface area contributed by atoms with Gasteiger partial charge in [-0.3, -0.25) is 4.79 Å². The molecule has 140 valence electrons. The van der Waals surface area contributed by atoms with Crippen LogP contribution in [-0.2, 0) is 0 Å². The number of nitriles is 1. The van der Waals surface area contributed by atoms with Gasteiger partial charge < -0.3 is 9.47 Å². The predicted octanol–water partition coefficient (Wildman–Crippen LogP) is 5.19. The first-order chi connectivity index (χ1) is 13.5. The van der Waals surface area contributed by atoms with Gasteiger partial charge in [0, 0.05) is 17.2 Å². The van der Waals surface area contributed by atoms with E-state index in [9.17, 15) is 4.79 Å². The second-order valence-electron chi connectivity index (χ2n) is 6.62. The van der Waals surface area contributed by atoms with Gasteiger partial charge in [-0.25, -0.2) is 0 Å². The van der Waals surface area contributed by atoms with E-state index in [2.05, 4.69) is 6.07 Å². The van der Waals surface area contributed by atoms with Gasteiger partial charge in [0.25, 0.3) is 0 Å². The predicted molar refractivity (Wildman–Crippen MR) is 108 cm³/mol. The summed E-state index contributed by atoms with van der Waals surface area (Å²) in [6.07, 6.45) is -0.829. The molecular weight excluding hydrogens is 350 g/mol. The Morgan fingerprint density at radius 3 is 2.07 bits per heavy atom. The first-order valence-electron chi connectivity index (χ1n) is 8.94. The summed E-state index contributed by atoms with van der Waals surface area (Å²) >= 11 is 0. The first kappa shape index (κ1) is 19.2. The second-order valence-corrected chi connectivity index (χ2v) is 6.62. The van der Waals surface area contributed by atoms with Gasteiger partial charge >= 0.3 is 0 Å². The zero-order chi connectivity index (χ0) is 20.1. The van der Waals surface area contributed by atoms with Crippen LogP contribution in [0.3, 0.4) is 0 Å². The molecule has 28 heavy (non-hydrogen) atoms. The van der Waals surface area contributed by atoms with Gasteiger partial charge in [-0.2, -0.15) is 5.26 Å². The lowest BCUT2D eigenvalue weighted by atomic mass is 9.98. The molecule has 0 fully saturated rings. The van der Waals surface area contributed by atoms with Crippen LogP contribution in [0.25, 0.3) is 0 Å². The maximum absolute atomic E-state index is 13.3. The number of ketones is 1. The Morgan fingerprint density at radius 1 is 0.893 bits per heavy atom. The van der Waals surface area contributed by atoms with Gasteiger partial charge in [-0.15, -0.1) is 0 Å². The fraction of sp³-hybridized carbons (Fsp3) is 0.167. The number of aryl methyl sites for hydroxylation is 2. The molecule has 4 heteroatoms. The summed E-state index contributed by atoms with van der Waals surface area (Å²) in [7, 11) is 1.51. The fourth-order valence-corrected chi connectivity index (χ4v) is 2.84. The van der Waals surface area contributed by atoms with E-state index < -0.39 is 6.10 Å². The van der Waals surface area contributed by atoms with E-state index in [0.29, 0.717) is 22.6 Å². The maximum Gasteiger partial charge on any atom is 0.207 e. The van der Waals surface area contributed by atoms with Gasteiger partial charge in [0.15, 0.2) is 17.6 Å². The topological polar surface area (TPSA) is 59.3 Å². The number of hydrogen-bond acceptors (Lipinski definition) is 4. The molecule has 1 atom stereocenters. The van der Waals surface area contributed by atoms with Crippen LogP contribution in [0.15, 0.2) is 66.7 Å². The van der Waals surface area contributed by atoms with Gasteiger partial charge in [0.1, 0.15) is 0 Å². The summed E-state index contributed by atoms with van der Waals surface area (Å²) in [4.78, 5) is 13.3. The highest BCUT2D eigenvalue weighted by Crippen LogP contribution is 2.33. The van der Waals surface area contributed by atoms with Crippen molar-refractivity contribution in [2.24, 2.45) is 0 Å². The number of hydrogen-bond donors (Lipinski definition) is 0. The number of carbonyl (C=O) groups is 1. The fourth-order valence-electron chi connectivity index (χ4n) is 2.84. The van der Waals surface area contributed by atoms with E-state index in [4.69, 9.17) is 14.7 Å². The molecule has 0 aliphatic heterocycles. The van der Waals surface area contributed by atoms with E-state index in [1.807, 2.05) is 50.2 Å². The van der Waals surface area contributed by atoms with Crippen molar-refractivity contribution in [3.05, 3.63) is 94.5 Å². The summed E-state index contributed by atoms with van der Waals surface area (Å²) < 4.78 is 11.5. The molecule has 0 N–H and O–H groups in total. The Hall–Kier alpha value is -3.58. The van der Waals surface area contributed by atoms with Crippen LogP contribution < -0.4 is 9.47 Å². The van der Waals surface area contributed by atoms with Crippen molar-refractivity contribution in [2.75, 3.05) is 7.11 Å². The Bertz CT molecular complexity index is 1020. The second kappa shape index (κ2) is 8.41. The molecular formula is C24H21NO3. The molecule has 0 aliphatic rings. The first-order valence-corrected chi connectivity index (χ1v) is 8.94. The average molecular weight is 371 g/mol. The van der Waals surface area contributed by atoms with Crippen LogP contribution in [-0.4, -0.2) is 12.9 Å². The van der Waals surface area contributed by atoms with E-state index in [1.165, 1.54) is 7.11 Å². The number of ether oxygens (including phenoxy) is 2. The lowest BCUT2D eigenvalue weighted by Crippen LogP contribution is -2.19. The van der Waals surface area contributed by atoms with Crippen molar-refractivity contribution in [1.82, 2.24) is 0 Å². The third-order valence-electron chi connectivity index (χ3n) is 4.49. The number of carbonyl (C=O) groups excluding carboxylic acids is 1. The van der Waals surface area contributed by atoms with Crippen LogP contribution in [0.2, 0.25) is 0 Å². The SMILES string of the molecule is COc1cc(C#N)ccc1O[C@H](C(=O)c1ccc(C)cc1)c1ccc(C)cc1. The van der Waals surface area contributed by atoms with Crippen molar-refractivity contribution < 1.29 is 14.3 Å². The zero-order valence-corrected chi connectivity index (χ0v) is 16.1. The Labute approximate surface area is 165 Å². The standard InChI is InChI=1S/C24H21NO3/c1-16-4-9-19(10-5-16)23(26)24(20-11-6-17(2)7-12-20)28-21-13-8-18(15-25)14-22(21)27-3/h4-14,24H,1-3H3/t24-/m0/s1. The third-order valence-corrected chi connectivity index (χ3v) is 4.49. The smallest absolute Gasteiger partial charge is 0.207 e. The normalized spacial score (nSPS) is 11.4. The largest absolute Gasteiger partial charge is 0.493 e. The molecule has 4 nitrogen and oxygen atoms in total. The van der Waals surface area contributed by atoms with Crippen LogP contribution in [0.4, 0.5) is 0 Å². The summed E-state index contributed by atoms with van der Waals surface area (Å²) in [6, 6.07) is 22.1. The summed E-state index contributed by atoms with van der Waals surface area (Å²) in [6.45, 7) is 3.97. The highest BCUT2D eigenvalue weighted by atomic mass is 16.5. The van der Waals surface area contributed by atoms with Crippen molar-refractivity contribution in [1.29, 1.82) is 5.26 Å². The third kappa shape index (κ3) is 4.21. The molecule has 0 saturated heterocycles. The van der Waals surface area contributed by atoms with Gasteiger partial charge in [0.05, 0.1) is 18.7 Å². The monoisotopic (exact) mass is 371 g/mol. The summed E-state index contributed by atoms with van der Waals surface area (Å²) in [5.41, 5.74) is 3.96. The molecule has 0 bridgehead atoms. The van der Waals surface area contributed by atoms with Crippen molar-refractivity contribution >= 4 is 5.78 Å². The lowest BCUT2D eigenvalue weighted by molar-refractivity contribution is 0.0787. The maximum atomic E-state index is 13.3. The zero-order valence-electron chi connectivity index (χ0n) is 16.1. The van der Waals surface area contributed by atoms with Crippen LogP contribution in [0.5, 0.6) is 11.5 Å². The van der Waals surface area contributed by atoms with Crippen molar-refractivity contribution in [3.8, 4) is 17.6 Å². The van der Waals surface area contributed by atoms with Crippen LogP contribution >= 0.6 is 0 Å². The van der Waals surface area contributed by atoms with E-state index in [0.717, 1.165) is 16.7 Å². The van der Waals surface area contributed by atoms with Crippen LogP contribution in [0, 0.1) is 25.2 Å². The number of rotatable bonds is 6. The Morgan fingerprint density at radius 2 is 1.50 bits per heavy atom. The molecule has 0 amide bonds. The Balaban J connectivity index is 2.02. The number of benzene rings is 3.